The Morgan fingerprint density at radius 1 is 1.27 bits per heavy atom. The van der Waals surface area contributed by atoms with Crippen LogP contribution in [0.4, 0.5) is 11.4 Å². The van der Waals surface area contributed by atoms with Gasteiger partial charge < -0.3 is 5.32 Å². The van der Waals surface area contributed by atoms with Crippen molar-refractivity contribution in [1.82, 2.24) is 4.90 Å². The molecule has 1 unspecified atom stereocenters. The number of nitrogens with one attached hydrogen (secondary N) is 1. The normalized spacial score (nSPS) is 17.7. The zero-order valence-electron chi connectivity index (χ0n) is 14.9. The Morgan fingerprint density at radius 3 is 2.85 bits per heavy atom. The van der Waals surface area contributed by atoms with Gasteiger partial charge in [0, 0.05) is 30.9 Å². The van der Waals surface area contributed by atoms with E-state index in [4.69, 9.17) is 0 Å². The molecule has 6 heteroatoms. The molecule has 3 rings (SSSR count). The molecule has 1 fully saturated rings. The quantitative estimate of drug-likeness (QED) is 0.656. The molecule has 1 N–H and O–H groups in total. The second-order valence-corrected chi connectivity index (χ2v) is 6.80. The van der Waals surface area contributed by atoms with E-state index in [1.807, 2.05) is 12.1 Å². The molecule has 0 aliphatic carbocycles. The monoisotopic (exact) mass is 353 g/mol. The number of carbonyl (C=O) groups is 1. The lowest BCUT2D eigenvalue weighted by atomic mass is 9.96. The van der Waals surface area contributed by atoms with Gasteiger partial charge in [-0.05, 0) is 43.5 Å². The standard InChI is InChI=1S/C20H23N3O3/c1-15-6-2-3-7-16(15)13-22-11-5-8-17(14-22)20(24)21-18-9-4-10-19(12-18)23(25)26/h2-4,6-7,9-10,12,17H,5,8,11,13-14H2,1H3,(H,21,24). The van der Waals surface area contributed by atoms with Crippen LogP contribution in [0.15, 0.2) is 48.5 Å². The van der Waals surface area contributed by atoms with Gasteiger partial charge in [-0.25, -0.2) is 0 Å². The first-order chi connectivity index (χ1) is 12.5. The molecule has 1 aliphatic rings. The summed E-state index contributed by atoms with van der Waals surface area (Å²) < 4.78 is 0. The highest BCUT2D eigenvalue weighted by atomic mass is 16.6. The summed E-state index contributed by atoms with van der Waals surface area (Å²) in [5.41, 5.74) is 3.00. The molecule has 1 saturated heterocycles. The molecule has 1 aliphatic heterocycles. The van der Waals surface area contributed by atoms with E-state index in [0.29, 0.717) is 12.2 Å². The average Bonchev–Trinajstić information content (AvgIpc) is 2.64. The molecular formula is C20H23N3O3. The lowest BCUT2D eigenvalue weighted by molar-refractivity contribution is -0.384. The maximum atomic E-state index is 12.6. The average molecular weight is 353 g/mol. The minimum Gasteiger partial charge on any atom is -0.326 e. The summed E-state index contributed by atoms with van der Waals surface area (Å²) in [6.07, 6.45) is 1.81. The molecule has 0 bridgehead atoms. The minimum absolute atomic E-state index is 0.0207. The van der Waals surface area contributed by atoms with Gasteiger partial charge in [-0.3, -0.25) is 19.8 Å². The molecule has 0 radical (unpaired) electrons. The van der Waals surface area contributed by atoms with Crippen LogP contribution in [-0.2, 0) is 11.3 Å². The second-order valence-electron chi connectivity index (χ2n) is 6.80. The predicted molar refractivity (Wildman–Crippen MR) is 101 cm³/mol. The van der Waals surface area contributed by atoms with Crippen molar-refractivity contribution in [3.63, 3.8) is 0 Å². The van der Waals surface area contributed by atoms with Crippen molar-refractivity contribution in [2.45, 2.75) is 26.3 Å². The Hall–Kier alpha value is -2.73. The Kier molecular flexibility index (Phi) is 5.63. The van der Waals surface area contributed by atoms with Crippen molar-refractivity contribution in [3.05, 3.63) is 69.8 Å². The number of aryl methyl sites for hydroxylation is 1. The fourth-order valence-electron chi connectivity index (χ4n) is 3.38. The number of rotatable bonds is 5. The molecule has 1 heterocycles. The lowest BCUT2D eigenvalue weighted by Gasteiger charge is -2.32. The van der Waals surface area contributed by atoms with Crippen LogP contribution in [0, 0.1) is 23.0 Å². The Balaban J connectivity index is 1.62. The number of nitro groups is 1. The van der Waals surface area contributed by atoms with Crippen LogP contribution >= 0.6 is 0 Å². The molecule has 136 valence electrons. The fraction of sp³-hybridized carbons (Fsp3) is 0.350. The number of likely N-dealkylation sites (tertiary alicyclic amines) is 1. The Labute approximate surface area is 153 Å². The van der Waals surface area contributed by atoms with Gasteiger partial charge in [0.1, 0.15) is 0 Å². The zero-order chi connectivity index (χ0) is 18.5. The third-order valence-electron chi connectivity index (χ3n) is 4.86. The van der Waals surface area contributed by atoms with Gasteiger partial charge in [-0.2, -0.15) is 0 Å². The maximum absolute atomic E-state index is 12.6. The minimum atomic E-state index is -0.458. The number of nitro benzene ring substituents is 1. The molecule has 1 amide bonds. The molecular weight excluding hydrogens is 330 g/mol. The van der Waals surface area contributed by atoms with E-state index in [0.717, 1.165) is 25.9 Å². The highest BCUT2D eigenvalue weighted by Crippen LogP contribution is 2.23. The molecule has 1 atom stereocenters. The number of amides is 1. The van der Waals surface area contributed by atoms with Gasteiger partial charge in [-0.1, -0.05) is 30.3 Å². The van der Waals surface area contributed by atoms with Gasteiger partial charge in [0.2, 0.25) is 5.91 Å². The molecule has 26 heavy (non-hydrogen) atoms. The van der Waals surface area contributed by atoms with Crippen LogP contribution in [0.5, 0.6) is 0 Å². The largest absolute Gasteiger partial charge is 0.326 e. The van der Waals surface area contributed by atoms with E-state index in [1.165, 1.54) is 23.3 Å². The van der Waals surface area contributed by atoms with E-state index in [1.54, 1.807) is 12.1 Å². The fourth-order valence-corrected chi connectivity index (χ4v) is 3.38. The van der Waals surface area contributed by atoms with Gasteiger partial charge in [-0.15, -0.1) is 0 Å². The number of piperidine rings is 1. The smallest absolute Gasteiger partial charge is 0.271 e. The van der Waals surface area contributed by atoms with Crippen molar-refractivity contribution >= 4 is 17.3 Å². The predicted octanol–water partition coefficient (Wildman–Crippen LogP) is 3.75. The van der Waals surface area contributed by atoms with Crippen LogP contribution in [0.1, 0.15) is 24.0 Å². The van der Waals surface area contributed by atoms with Crippen LogP contribution < -0.4 is 5.32 Å². The number of carbonyl (C=O) groups excluding carboxylic acids is 1. The zero-order valence-corrected chi connectivity index (χ0v) is 14.9. The lowest BCUT2D eigenvalue weighted by Crippen LogP contribution is -2.40. The first-order valence-electron chi connectivity index (χ1n) is 8.85. The van der Waals surface area contributed by atoms with E-state index in [9.17, 15) is 14.9 Å². The number of hydrogen-bond donors (Lipinski definition) is 1. The molecule has 0 aromatic heterocycles. The van der Waals surface area contributed by atoms with E-state index in [-0.39, 0.29) is 17.5 Å². The van der Waals surface area contributed by atoms with Crippen molar-refractivity contribution in [2.75, 3.05) is 18.4 Å². The Bertz CT molecular complexity index is 806. The first-order valence-corrected chi connectivity index (χ1v) is 8.85. The molecule has 2 aromatic carbocycles. The summed E-state index contributed by atoms with van der Waals surface area (Å²) in [7, 11) is 0. The number of non-ortho nitro benzene ring substituents is 1. The van der Waals surface area contributed by atoms with Crippen molar-refractivity contribution in [2.24, 2.45) is 5.92 Å². The third-order valence-corrected chi connectivity index (χ3v) is 4.86. The van der Waals surface area contributed by atoms with Gasteiger partial charge in [0.15, 0.2) is 0 Å². The SMILES string of the molecule is Cc1ccccc1CN1CCCC(C(=O)Nc2cccc([N+](=O)[O-])c2)C1. The summed E-state index contributed by atoms with van der Waals surface area (Å²) in [6.45, 7) is 4.63. The van der Waals surface area contributed by atoms with Crippen LogP contribution in [-0.4, -0.2) is 28.8 Å². The van der Waals surface area contributed by atoms with Crippen LogP contribution in [0.25, 0.3) is 0 Å². The van der Waals surface area contributed by atoms with Gasteiger partial charge >= 0.3 is 0 Å². The molecule has 6 nitrogen and oxygen atoms in total. The number of benzene rings is 2. The molecule has 0 saturated carbocycles. The molecule has 2 aromatic rings. The summed E-state index contributed by atoms with van der Waals surface area (Å²) in [4.78, 5) is 25.3. The topological polar surface area (TPSA) is 75.5 Å². The van der Waals surface area contributed by atoms with E-state index < -0.39 is 4.92 Å². The summed E-state index contributed by atoms with van der Waals surface area (Å²) in [6, 6.07) is 14.4. The molecule has 0 spiro atoms. The highest BCUT2D eigenvalue weighted by Gasteiger charge is 2.26. The Morgan fingerprint density at radius 2 is 2.08 bits per heavy atom. The van der Waals surface area contributed by atoms with E-state index in [2.05, 4.69) is 29.3 Å². The third kappa shape index (κ3) is 4.46. The summed E-state index contributed by atoms with van der Waals surface area (Å²) in [5.74, 6) is -0.174. The number of hydrogen-bond acceptors (Lipinski definition) is 4. The van der Waals surface area contributed by atoms with E-state index >= 15 is 0 Å². The summed E-state index contributed by atoms with van der Waals surface area (Å²) in [5, 5.41) is 13.7. The maximum Gasteiger partial charge on any atom is 0.271 e. The van der Waals surface area contributed by atoms with Crippen molar-refractivity contribution in [3.8, 4) is 0 Å². The number of anilines is 1. The van der Waals surface area contributed by atoms with Crippen LogP contribution in [0.3, 0.4) is 0 Å². The van der Waals surface area contributed by atoms with Gasteiger partial charge in [0.25, 0.3) is 5.69 Å². The van der Waals surface area contributed by atoms with Gasteiger partial charge in [0.05, 0.1) is 10.8 Å². The highest BCUT2D eigenvalue weighted by molar-refractivity contribution is 5.93. The van der Waals surface area contributed by atoms with Crippen LogP contribution in [0.2, 0.25) is 0 Å². The second kappa shape index (κ2) is 8.10. The number of nitrogens with zero attached hydrogens (tertiary/aromatic N) is 2. The van der Waals surface area contributed by atoms with Crippen molar-refractivity contribution < 1.29 is 9.72 Å². The van der Waals surface area contributed by atoms with Crippen molar-refractivity contribution in [1.29, 1.82) is 0 Å². The first kappa shape index (κ1) is 18.1. The summed E-state index contributed by atoms with van der Waals surface area (Å²) >= 11 is 0.